The summed E-state index contributed by atoms with van der Waals surface area (Å²) in [6.45, 7) is 0. The number of hydrogen-bond donors (Lipinski definition) is 1. The highest BCUT2D eigenvalue weighted by Crippen LogP contribution is 2.38. The van der Waals surface area contributed by atoms with Gasteiger partial charge in [0.1, 0.15) is 5.01 Å². The van der Waals surface area contributed by atoms with E-state index in [2.05, 4.69) is 15.3 Å². The highest BCUT2D eigenvalue weighted by molar-refractivity contribution is 7.15. The van der Waals surface area contributed by atoms with Crippen LogP contribution in [0.15, 0.2) is 18.5 Å². The van der Waals surface area contributed by atoms with Crippen molar-refractivity contribution in [2.45, 2.75) is 25.3 Å². The van der Waals surface area contributed by atoms with E-state index in [1.54, 1.807) is 23.6 Å². The molecule has 2 aromatic heterocycles. The van der Waals surface area contributed by atoms with Crippen molar-refractivity contribution < 1.29 is 4.39 Å². The van der Waals surface area contributed by atoms with E-state index < -0.39 is 0 Å². The van der Waals surface area contributed by atoms with Gasteiger partial charge in [0.25, 0.3) is 0 Å². The van der Waals surface area contributed by atoms with Crippen LogP contribution in [0.2, 0.25) is 0 Å². The second-order valence-electron chi connectivity index (χ2n) is 4.42. The quantitative estimate of drug-likeness (QED) is 0.905. The van der Waals surface area contributed by atoms with Crippen LogP contribution in [0.3, 0.4) is 0 Å². The van der Waals surface area contributed by atoms with E-state index in [1.807, 2.05) is 7.05 Å². The summed E-state index contributed by atoms with van der Waals surface area (Å²) in [5.41, 5.74) is 1.68. The van der Waals surface area contributed by atoms with Crippen molar-refractivity contribution in [3.63, 3.8) is 0 Å². The Bertz CT molecular complexity index is 567. The van der Waals surface area contributed by atoms with Crippen molar-refractivity contribution in [1.29, 1.82) is 0 Å². The Morgan fingerprint density at radius 2 is 2.39 bits per heavy atom. The van der Waals surface area contributed by atoms with Gasteiger partial charge in [0, 0.05) is 22.7 Å². The first-order valence-corrected chi connectivity index (χ1v) is 6.88. The smallest absolute Gasteiger partial charge is 0.151 e. The molecule has 0 radical (unpaired) electrons. The lowest BCUT2D eigenvalue weighted by molar-refractivity contribution is 0.501. The van der Waals surface area contributed by atoms with E-state index in [9.17, 15) is 4.39 Å². The van der Waals surface area contributed by atoms with Crippen molar-refractivity contribution in [3.05, 3.63) is 34.8 Å². The highest BCUT2D eigenvalue weighted by Gasteiger charge is 2.24. The molecule has 0 saturated heterocycles. The molecule has 1 N–H and O–H groups in total. The summed E-state index contributed by atoms with van der Waals surface area (Å²) in [7, 11) is 1.96. The Kier molecular flexibility index (Phi) is 3.09. The van der Waals surface area contributed by atoms with Gasteiger partial charge in [-0.05, 0) is 32.4 Å². The Morgan fingerprint density at radius 3 is 3.17 bits per heavy atom. The van der Waals surface area contributed by atoms with Crippen LogP contribution in [0.25, 0.3) is 10.6 Å². The van der Waals surface area contributed by atoms with Gasteiger partial charge in [-0.25, -0.2) is 9.37 Å². The number of fused-ring (bicyclic) bond motifs is 1. The Hall–Kier alpha value is -1.33. The summed E-state index contributed by atoms with van der Waals surface area (Å²) in [5.74, 6) is -0.301. The Morgan fingerprint density at radius 1 is 1.50 bits per heavy atom. The fraction of sp³-hybridized carbons (Fsp3) is 0.385. The van der Waals surface area contributed by atoms with Crippen LogP contribution in [-0.4, -0.2) is 17.0 Å². The first-order valence-electron chi connectivity index (χ1n) is 6.06. The number of pyridine rings is 1. The van der Waals surface area contributed by atoms with Crippen molar-refractivity contribution in [3.8, 4) is 10.6 Å². The van der Waals surface area contributed by atoms with Gasteiger partial charge >= 0.3 is 0 Å². The molecule has 0 saturated carbocycles. The Labute approximate surface area is 109 Å². The predicted octanol–water partition coefficient (Wildman–Crippen LogP) is 2.94. The molecule has 2 aromatic rings. The average molecular weight is 263 g/mol. The zero-order valence-corrected chi connectivity index (χ0v) is 10.9. The first-order chi connectivity index (χ1) is 8.79. The number of rotatable bonds is 2. The first kappa shape index (κ1) is 11.7. The van der Waals surface area contributed by atoms with Crippen LogP contribution in [0.4, 0.5) is 4.39 Å². The fourth-order valence-corrected chi connectivity index (χ4v) is 3.64. The van der Waals surface area contributed by atoms with Gasteiger partial charge < -0.3 is 5.32 Å². The molecular weight excluding hydrogens is 249 g/mol. The lowest BCUT2D eigenvalue weighted by atomic mass is 9.98. The molecule has 0 aromatic carbocycles. The summed E-state index contributed by atoms with van der Waals surface area (Å²) in [6.07, 6.45) is 6.11. The number of nitrogens with one attached hydrogen (secondary N) is 1. The zero-order chi connectivity index (χ0) is 12.5. The molecule has 1 aliphatic rings. The van der Waals surface area contributed by atoms with E-state index in [4.69, 9.17) is 0 Å². The molecule has 5 heteroatoms. The summed E-state index contributed by atoms with van der Waals surface area (Å²) in [5, 5.41) is 4.07. The fourth-order valence-electron chi connectivity index (χ4n) is 2.36. The van der Waals surface area contributed by atoms with Gasteiger partial charge in [0.15, 0.2) is 5.82 Å². The molecule has 18 heavy (non-hydrogen) atoms. The third kappa shape index (κ3) is 1.93. The molecule has 3 rings (SSSR count). The van der Waals surface area contributed by atoms with Crippen LogP contribution < -0.4 is 5.32 Å². The van der Waals surface area contributed by atoms with Gasteiger partial charge in [-0.2, -0.15) is 0 Å². The van der Waals surface area contributed by atoms with E-state index in [0.717, 1.165) is 30.0 Å². The SMILES string of the molecule is CNC1CCCc2nc(-c3ccncc3F)sc21. The lowest BCUT2D eigenvalue weighted by Crippen LogP contribution is -2.19. The van der Waals surface area contributed by atoms with Crippen LogP contribution in [0.5, 0.6) is 0 Å². The number of halogens is 1. The van der Waals surface area contributed by atoms with Crippen molar-refractivity contribution >= 4 is 11.3 Å². The molecule has 0 fully saturated rings. The maximum Gasteiger partial charge on any atom is 0.151 e. The monoisotopic (exact) mass is 263 g/mol. The molecule has 3 nitrogen and oxygen atoms in total. The number of nitrogens with zero attached hydrogens (tertiary/aromatic N) is 2. The van der Waals surface area contributed by atoms with Gasteiger partial charge in [0.05, 0.1) is 11.9 Å². The molecule has 1 unspecified atom stereocenters. The van der Waals surface area contributed by atoms with Crippen LogP contribution in [0, 0.1) is 5.82 Å². The molecule has 0 amide bonds. The summed E-state index contributed by atoms with van der Waals surface area (Å²) < 4.78 is 13.7. The molecule has 1 atom stereocenters. The van der Waals surface area contributed by atoms with Crippen molar-refractivity contribution in [2.75, 3.05) is 7.05 Å². The van der Waals surface area contributed by atoms with Crippen molar-refractivity contribution in [2.24, 2.45) is 0 Å². The van der Waals surface area contributed by atoms with Gasteiger partial charge in [-0.1, -0.05) is 0 Å². The normalized spacial score (nSPS) is 18.7. The maximum absolute atomic E-state index is 13.7. The average Bonchev–Trinajstić information content (AvgIpc) is 2.82. The maximum atomic E-state index is 13.7. The molecule has 2 heterocycles. The summed E-state index contributed by atoms with van der Waals surface area (Å²) in [6, 6.07) is 2.05. The van der Waals surface area contributed by atoms with Gasteiger partial charge in [-0.3, -0.25) is 4.98 Å². The second kappa shape index (κ2) is 4.74. The molecule has 0 bridgehead atoms. The Balaban J connectivity index is 2.05. The number of thiazole rings is 1. The summed E-state index contributed by atoms with van der Waals surface area (Å²) >= 11 is 1.59. The standard InChI is InChI=1S/C13H14FN3S/c1-15-10-3-2-4-11-12(10)18-13(17-11)8-5-6-16-7-9(8)14/h5-7,10,15H,2-4H2,1H3. The minimum atomic E-state index is -0.301. The highest BCUT2D eigenvalue weighted by atomic mass is 32.1. The molecular formula is C13H14FN3S. The number of aryl methyl sites for hydroxylation is 1. The van der Waals surface area contributed by atoms with Gasteiger partial charge in [0.2, 0.25) is 0 Å². The van der Waals surface area contributed by atoms with E-state index in [1.165, 1.54) is 11.1 Å². The third-order valence-electron chi connectivity index (χ3n) is 3.30. The second-order valence-corrected chi connectivity index (χ2v) is 5.45. The molecule has 0 spiro atoms. The van der Waals surface area contributed by atoms with E-state index >= 15 is 0 Å². The van der Waals surface area contributed by atoms with Crippen LogP contribution in [0.1, 0.15) is 29.5 Å². The zero-order valence-electron chi connectivity index (χ0n) is 10.1. The van der Waals surface area contributed by atoms with E-state index in [0.29, 0.717) is 11.6 Å². The third-order valence-corrected chi connectivity index (χ3v) is 4.55. The topological polar surface area (TPSA) is 37.8 Å². The number of hydrogen-bond acceptors (Lipinski definition) is 4. The van der Waals surface area contributed by atoms with Crippen molar-refractivity contribution in [1.82, 2.24) is 15.3 Å². The minimum Gasteiger partial charge on any atom is -0.312 e. The number of aromatic nitrogens is 2. The molecule has 0 aliphatic heterocycles. The predicted molar refractivity (Wildman–Crippen MR) is 70.0 cm³/mol. The minimum absolute atomic E-state index is 0.301. The molecule has 94 valence electrons. The molecule has 1 aliphatic carbocycles. The van der Waals surface area contributed by atoms with E-state index in [-0.39, 0.29) is 5.82 Å². The largest absolute Gasteiger partial charge is 0.312 e. The van der Waals surface area contributed by atoms with Crippen LogP contribution >= 0.6 is 11.3 Å². The lowest BCUT2D eigenvalue weighted by Gasteiger charge is -2.19. The van der Waals surface area contributed by atoms with Crippen LogP contribution in [-0.2, 0) is 6.42 Å². The summed E-state index contributed by atoms with van der Waals surface area (Å²) in [4.78, 5) is 9.62. The van der Waals surface area contributed by atoms with Gasteiger partial charge in [-0.15, -0.1) is 11.3 Å².